The Kier molecular flexibility index (Phi) is 14.6. The molecule has 0 spiro atoms. The van der Waals surface area contributed by atoms with Crippen LogP contribution in [0.2, 0.25) is 5.02 Å². The van der Waals surface area contributed by atoms with Gasteiger partial charge in [-0.1, -0.05) is 38.4 Å². The molecular formula is C38H45ClN4O6. The lowest BCUT2D eigenvalue weighted by Crippen LogP contribution is -2.14. The number of benzene rings is 2. The number of pyridine rings is 2. The summed E-state index contributed by atoms with van der Waals surface area (Å²) in [5.41, 5.74) is 3.91. The zero-order valence-corrected chi connectivity index (χ0v) is 29.5. The fraction of sp³-hybridized carbons (Fsp3) is 0.421. The van der Waals surface area contributed by atoms with Crippen LogP contribution in [0.3, 0.4) is 0 Å². The van der Waals surface area contributed by atoms with Gasteiger partial charge in [0.1, 0.15) is 23.9 Å². The molecule has 11 heteroatoms. The average molecular weight is 689 g/mol. The highest BCUT2D eigenvalue weighted by atomic mass is 35.5. The van der Waals surface area contributed by atoms with Crippen molar-refractivity contribution in [2.45, 2.75) is 53.6 Å². The van der Waals surface area contributed by atoms with Gasteiger partial charge in [-0.15, -0.1) is 0 Å². The van der Waals surface area contributed by atoms with E-state index in [1.54, 1.807) is 18.3 Å². The third kappa shape index (κ3) is 12.3. The molecule has 0 atom stereocenters. The number of anilines is 2. The van der Waals surface area contributed by atoms with Crippen molar-refractivity contribution >= 4 is 45.3 Å². The monoisotopic (exact) mass is 688 g/mol. The molecule has 0 saturated carbocycles. The molecule has 0 aliphatic rings. The maximum Gasteiger partial charge on any atom is 0.228 e. The van der Waals surface area contributed by atoms with Crippen molar-refractivity contribution in [2.75, 3.05) is 51.6 Å². The van der Waals surface area contributed by atoms with Gasteiger partial charge in [-0.3, -0.25) is 14.8 Å². The molecule has 0 saturated heterocycles. The number of aromatic nitrogens is 2. The third-order valence-corrected chi connectivity index (χ3v) is 7.70. The van der Waals surface area contributed by atoms with Crippen LogP contribution in [0.4, 0.5) is 17.1 Å². The fourth-order valence-electron chi connectivity index (χ4n) is 4.78. The van der Waals surface area contributed by atoms with Crippen molar-refractivity contribution in [3.8, 4) is 11.5 Å². The molecule has 4 rings (SSSR count). The number of nitrogens with one attached hydrogen (secondary N) is 1. The summed E-state index contributed by atoms with van der Waals surface area (Å²) >= 11 is 6.57. The van der Waals surface area contributed by atoms with Crippen LogP contribution in [0, 0.1) is 12.0 Å². The minimum absolute atomic E-state index is 0.00495. The maximum atomic E-state index is 13.0. The normalized spacial score (nSPS) is 11.3. The van der Waals surface area contributed by atoms with E-state index in [2.05, 4.69) is 40.9 Å². The predicted octanol–water partition coefficient (Wildman–Crippen LogP) is 8.54. The van der Waals surface area contributed by atoms with Gasteiger partial charge in [-0.05, 0) is 55.2 Å². The van der Waals surface area contributed by atoms with Gasteiger partial charge in [0, 0.05) is 54.5 Å². The first kappa shape index (κ1) is 37.5. The number of nitrogens with zero attached hydrogens (tertiary/aromatic N) is 3. The van der Waals surface area contributed by atoms with Crippen molar-refractivity contribution in [3.63, 3.8) is 0 Å². The Morgan fingerprint density at radius 1 is 0.918 bits per heavy atom. The molecular weight excluding hydrogens is 644 g/mol. The molecule has 0 unspecified atom stereocenters. The number of rotatable bonds is 20. The highest BCUT2D eigenvalue weighted by molar-refractivity contribution is 6.32. The number of carbonyl (C=O) groups is 1. The average Bonchev–Trinajstić information content (AvgIpc) is 3.07. The molecule has 0 aliphatic heterocycles. The predicted molar refractivity (Wildman–Crippen MR) is 192 cm³/mol. The largest absolute Gasteiger partial charge is 0.494 e. The zero-order chi connectivity index (χ0) is 35.1. The Morgan fingerprint density at radius 2 is 1.67 bits per heavy atom. The molecule has 2 heterocycles. The highest BCUT2D eigenvalue weighted by Crippen LogP contribution is 2.39. The van der Waals surface area contributed by atoms with Crippen molar-refractivity contribution in [1.29, 1.82) is 0 Å². The van der Waals surface area contributed by atoms with Crippen molar-refractivity contribution < 1.29 is 28.5 Å². The van der Waals surface area contributed by atoms with E-state index in [0.717, 1.165) is 18.7 Å². The number of ether oxygens (including phenoxy) is 5. The number of hydrogen-bond acceptors (Lipinski definition) is 9. The van der Waals surface area contributed by atoms with Crippen LogP contribution < -0.4 is 14.8 Å². The summed E-state index contributed by atoms with van der Waals surface area (Å²) in [6, 6.07) is 14.6. The zero-order valence-electron chi connectivity index (χ0n) is 28.7. The Labute approximate surface area is 293 Å². The van der Waals surface area contributed by atoms with Crippen LogP contribution in [0.5, 0.6) is 11.5 Å². The summed E-state index contributed by atoms with van der Waals surface area (Å²) in [5.74, 6) is 1.09. The summed E-state index contributed by atoms with van der Waals surface area (Å²) in [5, 5.41) is 4.44. The van der Waals surface area contributed by atoms with E-state index in [0.29, 0.717) is 89.7 Å². The summed E-state index contributed by atoms with van der Waals surface area (Å²) < 4.78 is 28.6. The fourth-order valence-corrected chi connectivity index (χ4v) is 5.02. The molecule has 0 radical (unpaired) electrons. The number of halogens is 1. The molecule has 0 bridgehead atoms. The molecule has 260 valence electrons. The molecule has 0 fully saturated rings. The lowest BCUT2D eigenvalue weighted by atomic mass is 9.93. The molecule has 2 aromatic heterocycles. The van der Waals surface area contributed by atoms with Crippen LogP contribution in [0.1, 0.15) is 51.8 Å². The number of Topliss-reactive ketones (excluding diaryl/α,β-unsaturated/α-hetero) is 1. The van der Waals surface area contributed by atoms with Gasteiger partial charge in [0.2, 0.25) is 5.69 Å². The molecule has 4 aromatic rings. The first-order chi connectivity index (χ1) is 23.7. The smallest absolute Gasteiger partial charge is 0.228 e. The molecule has 0 aliphatic carbocycles. The Balaban J connectivity index is 1.36. The summed E-state index contributed by atoms with van der Waals surface area (Å²) in [6.07, 6.45) is 4.62. The van der Waals surface area contributed by atoms with Gasteiger partial charge < -0.3 is 29.0 Å². The van der Waals surface area contributed by atoms with E-state index in [4.69, 9.17) is 41.9 Å². The van der Waals surface area contributed by atoms with E-state index < -0.39 is 0 Å². The quantitative estimate of drug-likeness (QED) is 0.0722. The first-order valence-electron chi connectivity index (χ1n) is 16.5. The van der Waals surface area contributed by atoms with Crippen molar-refractivity contribution in [2.24, 2.45) is 5.41 Å². The Bertz CT molecular complexity index is 1710. The van der Waals surface area contributed by atoms with E-state index in [1.165, 1.54) is 6.20 Å². The van der Waals surface area contributed by atoms with Gasteiger partial charge in [0.25, 0.3) is 0 Å². The molecule has 0 amide bonds. The van der Waals surface area contributed by atoms with Gasteiger partial charge in [-0.25, -0.2) is 4.85 Å². The van der Waals surface area contributed by atoms with Gasteiger partial charge in [0.15, 0.2) is 0 Å². The standard InChI is InChI=1S/C38H45ClN4O6/c1-6-48-36-24-33-31(22-27(36)21-30(44)12-15-45-17-19-47-20-18-46-16-13-38(2,3)4)37(34(40-5)25-42-33)43-28-10-11-35(32(39)23-28)49-26-29-9-7-8-14-41-29/h7-11,14,22-25H,6,12-13,15-21,26H2,1-4H3,(H,42,43). The van der Waals surface area contributed by atoms with E-state index in [-0.39, 0.29) is 30.6 Å². The van der Waals surface area contributed by atoms with Crippen molar-refractivity contribution in [1.82, 2.24) is 9.97 Å². The second-order valence-electron chi connectivity index (χ2n) is 12.5. The Hall–Kier alpha value is -4.27. The second-order valence-corrected chi connectivity index (χ2v) is 12.9. The van der Waals surface area contributed by atoms with E-state index in [1.807, 2.05) is 43.3 Å². The van der Waals surface area contributed by atoms with Crippen LogP contribution in [-0.2, 0) is 32.0 Å². The minimum Gasteiger partial charge on any atom is -0.494 e. The van der Waals surface area contributed by atoms with E-state index in [9.17, 15) is 4.79 Å². The van der Waals surface area contributed by atoms with Crippen LogP contribution in [-0.4, -0.2) is 62.0 Å². The van der Waals surface area contributed by atoms with Gasteiger partial charge in [-0.2, -0.15) is 0 Å². The summed E-state index contributed by atoms with van der Waals surface area (Å²) in [6.45, 7) is 19.9. The van der Waals surface area contributed by atoms with Crippen LogP contribution in [0.15, 0.2) is 60.9 Å². The SMILES string of the molecule is [C-]#[N+]c1cnc2cc(OCC)c(CC(=O)CCOCCOCCOCCC(C)(C)C)cc2c1Nc1ccc(OCc2ccccn2)c(Cl)c1. The lowest BCUT2D eigenvalue weighted by molar-refractivity contribution is -0.119. The Morgan fingerprint density at radius 3 is 2.35 bits per heavy atom. The number of ketones is 1. The maximum absolute atomic E-state index is 13.0. The molecule has 49 heavy (non-hydrogen) atoms. The first-order valence-corrected chi connectivity index (χ1v) is 16.8. The van der Waals surface area contributed by atoms with Crippen molar-refractivity contribution in [3.05, 3.63) is 88.6 Å². The van der Waals surface area contributed by atoms with E-state index >= 15 is 0 Å². The lowest BCUT2D eigenvalue weighted by Gasteiger charge is -2.17. The minimum atomic E-state index is 0.00495. The molecule has 1 N–H and O–H groups in total. The van der Waals surface area contributed by atoms with Crippen LogP contribution >= 0.6 is 11.6 Å². The number of hydrogen-bond donors (Lipinski definition) is 1. The summed E-state index contributed by atoms with van der Waals surface area (Å²) in [4.78, 5) is 25.5. The number of carbonyl (C=O) groups excluding carboxylic acids is 1. The molecule has 10 nitrogen and oxygen atoms in total. The van der Waals surface area contributed by atoms with Gasteiger partial charge >= 0.3 is 0 Å². The summed E-state index contributed by atoms with van der Waals surface area (Å²) in [7, 11) is 0. The topological polar surface area (TPSA) is 105 Å². The highest BCUT2D eigenvalue weighted by Gasteiger charge is 2.17. The third-order valence-electron chi connectivity index (χ3n) is 7.41. The van der Waals surface area contributed by atoms with Crippen LogP contribution in [0.25, 0.3) is 15.7 Å². The number of fused-ring (bicyclic) bond motifs is 1. The second kappa shape index (κ2) is 19.1. The molecule has 2 aromatic carbocycles. The van der Waals surface area contributed by atoms with Gasteiger partial charge in [0.05, 0.1) is 68.1 Å².